The van der Waals surface area contributed by atoms with E-state index in [-0.39, 0.29) is 11.8 Å². The van der Waals surface area contributed by atoms with E-state index in [4.69, 9.17) is 10.5 Å². The summed E-state index contributed by atoms with van der Waals surface area (Å²) in [6.45, 7) is 1.19. The van der Waals surface area contributed by atoms with E-state index >= 15 is 0 Å². The summed E-state index contributed by atoms with van der Waals surface area (Å²) in [5.74, 6) is 1.78. The van der Waals surface area contributed by atoms with E-state index < -0.39 is 0 Å². The maximum atomic E-state index is 12.2. The minimum absolute atomic E-state index is 0.106. The fourth-order valence-electron chi connectivity index (χ4n) is 2.55. The number of para-hydroxylation sites is 3. The molecule has 1 aliphatic heterocycles. The number of ether oxygens (including phenoxy) is 1. The molecule has 3 rings (SSSR count). The van der Waals surface area contributed by atoms with Crippen LogP contribution in [0.5, 0.6) is 11.5 Å². The Bertz CT molecular complexity index is 628. The zero-order valence-corrected chi connectivity index (χ0v) is 11.7. The van der Waals surface area contributed by atoms with Gasteiger partial charge in [-0.25, -0.2) is 0 Å². The minimum Gasteiger partial charge on any atom is -0.455 e. The topological polar surface area (TPSA) is 55.6 Å². The predicted octanol–water partition coefficient (Wildman–Crippen LogP) is 2.79. The molecule has 0 spiro atoms. The highest BCUT2D eigenvalue weighted by molar-refractivity contribution is 5.97. The summed E-state index contributed by atoms with van der Waals surface area (Å²) in [5, 5.41) is 0. The molecule has 0 saturated carbocycles. The van der Waals surface area contributed by atoms with E-state index in [9.17, 15) is 4.79 Å². The predicted molar refractivity (Wildman–Crippen MR) is 82.5 cm³/mol. The minimum atomic E-state index is 0.106. The van der Waals surface area contributed by atoms with Gasteiger partial charge in [0.25, 0.3) is 0 Å². The number of hydrogen-bond acceptors (Lipinski definition) is 3. The van der Waals surface area contributed by atoms with Gasteiger partial charge in [0.15, 0.2) is 5.75 Å². The van der Waals surface area contributed by atoms with Crippen molar-refractivity contribution in [3.63, 3.8) is 0 Å². The Labute approximate surface area is 124 Å². The highest BCUT2D eigenvalue weighted by Gasteiger charge is 2.31. The van der Waals surface area contributed by atoms with Gasteiger partial charge >= 0.3 is 0 Å². The van der Waals surface area contributed by atoms with Crippen LogP contribution >= 0.6 is 0 Å². The summed E-state index contributed by atoms with van der Waals surface area (Å²) in [6, 6.07) is 17.2. The average Bonchev–Trinajstić information content (AvgIpc) is 2.90. The smallest absolute Gasteiger partial charge is 0.227 e. The number of nitrogens with two attached hydrogens (primary N) is 1. The molecule has 2 aromatic rings. The zero-order chi connectivity index (χ0) is 14.7. The van der Waals surface area contributed by atoms with Crippen LogP contribution in [0, 0.1) is 5.92 Å². The summed E-state index contributed by atoms with van der Waals surface area (Å²) in [6.07, 6.45) is 0.510. The Balaban J connectivity index is 1.88. The number of nitrogens with zero attached hydrogens (tertiary/aromatic N) is 1. The molecule has 2 N–H and O–H groups in total. The molecule has 1 amide bonds. The van der Waals surface area contributed by atoms with Gasteiger partial charge in [0.2, 0.25) is 5.91 Å². The van der Waals surface area contributed by atoms with Gasteiger partial charge < -0.3 is 15.4 Å². The molecule has 2 aromatic carbocycles. The van der Waals surface area contributed by atoms with Gasteiger partial charge in [-0.2, -0.15) is 0 Å². The van der Waals surface area contributed by atoms with Gasteiger partial charge in [0.1, 0.15) is 5.75 Å². The Morgan fingerprint density at radius 1 is 1.10 bits per heavy atom. The van der Waals surface area contributed by atoms with Crippen molar-refractivity contribution in [2.75, 3.05) is 18.0 Å². The van der Waals surface area contributed by atoms with Gasteiger partial charge in [-0.15, -0.1) is 0 Å². The molecular formula is C17H18N2O2. The third kappa shape index (κ3) is 2.90. The molecular weight excluding hydrogens is 264 g/mol. The van der Waals surface area contributed by atoms with Crippen molar-refractivity contribution in [2.24, 2.45) is 11.7 Å². The lowest BCUT2D eigenvalue weighted by Gasteiger charge is -2.20. The van der Waals surface area contributed by atoms with Crippen LogP contribution in [0.4, 0.5) is 5.69 Å². The first kappa shape index (κ1) is 13.6. The summed E-state index contributed by atoms with van der Waals surface area (Å²) in [4.78, 5) is 13.9. The van der Waals surface area contributed by atoms with Crippen LogP contribution in [-0.2, 0) is 4.79 Å². The second-order valence-electron chi connectivity index (χ2n) is 5.19. The molecule has 1 fully saturated rings. The van der Waals surface area contributed by atoms with E-state index in [2.05, 4.69) is 0 Å². The van der Waals surface area contributed by atoms with E-state index in [1.165, 1.54) is 0 Å². The summed E-state index contributed by atoms with van der Waals surface area (Å²) >= 11 is 0. The first-order chi connectivity index (χ1) is 10.3. The van der Waals surface area contributed by atoms with E-state index in [0.717, 1.165) is 11.4 Å². The SMILES string of the molecule is NCC1CC(=O)N(c2ccccc2Oc2ccccc2)C1. The van der Waals surface area contributed by atoms with Crippen LogP contribution < -0.4 is 15.4 Å². The fraction of sp³-hybridized carbons (Fsp3) is 0.235. The van der Waals surface area contributed by atoms with Crippen LogP contribution in [0.3, 0.4) is 0 Å². The number of hydrogen-bond donors (Lipinski definition) is 1. The van der Waals surface area contributed by atoms with Gasteiger partial charge in [0.05, 0.1) is 5.69 Å². The first-order valence-electron chi connectivity index (χ1n) is 7.10. The van der Waals surface area contributed by atoms with Crippen LogP contribution in [0.15, 0.2) is 54.6 Å². The van der Waals surface area contributed by atoms with Crippen molar-refractivity contribution >= 4 is 11.6 Å². The lowest BCUT2D eigenvalue weighted by atomic mass is 10.1. The maximum absolute atomic E-state index is 12.2. The van der Waals surface area contributed by atoms with Crippen molar-refractivity contribution in [3.8, 4) is 11.5 Å². The number of carbonyl (C=O) groups excluding carboxylic acids is 1. The van der Waals surface area contributed by atoms with Crippen molar-refractivity contribution in [1.29, 1.82) is 0 Å². The molecule has 1 heterocycles. The van der Waals surface area contributed by atoms with E-state index in [1.807, 2.05) is 54.6 Å². The van der Waals surface area contributed by atoms with Crippen molar-refractivity contribution in [2.45, 2.75) is 6.42 Å². The second-order valence-corrected chi connectivity index (χ2v) is 5.19. The quantitative estimate of drug-likeness (QED) is 0.938. The monoisotopic (exact) mass is 282 g/mol. The Hall–Kier alpha value is -2.33. The largest absolute Gasteiger partial charge is 0.455 e. The molecule has 0 radical (unpaired) electrons. The molecule has 108 valence electrons. The molecule has 4 heteroatoms. The van der Waals surface area contributed by atoms with Gasteiger partial charge in [0, 0.05) is 13.0 Å². The average molecular weight is 282 g/mol. The summed E-state index contributed by atoms with van der Waals surface area (Å²) in [7, 11) is 0. The first-order valence-corrected chi connectivity index (χ1v) is 7.10. The molecule has 1 aliphatic rings. The second kappa shape index (κ2) is 5.97. The highest BCUT2D eigenvalue weighted by atomic mass is 16.5. The Kier molecular flexibility index (Phi) is 3.88. The standard InChI is InChI=1S/C17H18N2O2/c18-11-13-10-17(20)19(12-13)15-8-4-5-9-16(15)21-14-6-2-1-3-7-14/h1-9,13H,10-12,18H2. The highest BCUT2D eigenvalue weighted by Crippen LogP contribution is 2.35. The fourth-order valence-corrected chi connectivity index (χ4v) is 2.55. The molecule has 4 nitrogen and oxygen atoms in total. The molecule has 21 heavy (non-hydrogen) atoms. The van der Waals surface area contributed by atoms with Gasteiger partial charge in [-0.3, -0.25) is 4.79 Å². The number of anilines is 1. The molecule has 0 bridgehead atoms. The lowest BCUT2D eigenvalue weighted by Crippen LogP contribution is -2.26. The van der Waals surface area contributed by atoms with Crippen LogP contribution in [0.25, 0.3) is 0 Å². The summed E-state index contributed by atoms with van der Waals surface area (Å²) in [5.41, 5.74) is 6.50. The maximum Gasteiger partial charge on any atom is 0.227 e. The zero-order valence-electron chi connectivity index (χ0n) is 11.7. The molecule has 0 aliphatic carbocycles. The van der Waals surface area contributed by atoms with E-state index in [1.54, 1.807) is 4.90 Å². The van der Waals surface area contributed by atoms with Crippen molar-refractivity contribution in [1.82, 2.24) is 0 Å². The number of benzene rings is 2. The number of carbonyl (C=O) groups is 1. The third-order valence-electron chi connectivity index (χ3n) is 3.67. The molecule has 1 atom stereocenters. The lowest BCUT2D eigenvalue weighted by molar-refractivity contribution is -0.117. The molecule has 1 unspecified atom stereocenters. The van der Waals surface area contributed by atoms with Crippen LogP contribution in [-0.4, -0.2) is 19.0 Å². The molecule has 1 saturated heterocycles. The number of amides is 1. The van der Waals surface area contributed by atoms with Crippen molar-refractivity contribution < 1.29 is 9.53 Å². The van der Waals surface area contributed by atoms with Gasteiger partial charge in [-0.1, -0.05) is 30.3 Å². The summed E-state index contributed by atoms with van der Waals surface area (Å²) < 4.78 is 5.91. The van der Waals surface area contributed by atoms with Crippen LogP contribution in [0.1, 0.15) is 6.42 Å². The van der Waals surface area contributed by atoms with Crippen molar-refractivity contribution in [3.05, 3.63) is 54.6 Å². The number of rotatable bonds is 4. The Morgan fingerprint density at radius 3 is 2.52 bits per heavy atom. The Morgan fingerprint density at radius 2 is 1.81 bits per heavy atom. The normalized spacial score (nSPS) is 18.0. The van der Waals surface area contributed by atoms with Gasteiger partial charge in [-0.05, 0) is 36.7 Å². The van der Waals surface area contributed by atoms with E-state index in [0.29, 0.717) is 25.3 Å². The molecule has 0 aromatic heterocycles. The van der Waals surface area contributed by atoms with Crippen LogP contribution in [0.2, 0.25) is 0 Å². The third-order valence-corrected chi connectivity index (χ3v) is 3.67.